The number of hydrogen-bond acceptors (Lipinski definition) is 7. The van der Waals surface area contributed by atoms with Crippen LogP contribution in [0.5, 0.6) is 5.75 Å². The van der Waals surface area contributed by atoms with Gasteiger partial charge in [-0.2, -0.15) is 5.26 Å². The van der Waals surface area contributed by atoms with Crippen molar-refractivity contribution in [2.45, 2.75) is 39.0 Å². The molecular formula is C26H24F2N6O2. The molecule has 0 atom stereocenters. The SMILES string of the molecule is C/C(=N\Oc1ccnc(C#N)c1)c1cnc(C)nc1C1CCN(C(=O)Cc2c(F)cccc2F)CC1. The molecule has 4 rings (SSSR count). The number of rotatable bonds is 6. The van der Waals surface area contributed by atoms with E-state index >= 15 is 0 Å². The lowest BCUT2D eigenvalue weighted by Gasteiger charge is -2.32. The minimum absolute atomic E-state index is 0.0483. The van der Waals surface area contributed by atoms with E-state index in [2.05, 4.69) is 20.1 Å². The molecular weight excluding hydrogens is 466 g/mol. The molecule has 0 spiro atoms. The number of nitriles is 1. The summed E-state index contributed by atoms with van der Waals surface area (Å²) >= 11 is 0. The van der Waals surface area contributed by atoms with E-state index < -0.39 is 11.6 Å². The molecule has 3 heterocycles. The van der Waals surface area contributed by atoms with Gasteiger partial charge in [-0.25, -0.2) is 23.7 Å². The fraction of sp³-hybridized carbons (Fsp3) is 0.308. The van der Waals surface area contributed by atoms with Crippen LogP contribution in [0.25, 0.3) is 0 Å². The number of oxime groups is 1. The number of piperidine rings is 1. The Labute approximate surface area is 207 Å². The molecule has 0 unspecified atom stereocenters. The average molecular weight is 491 g/mol. The number of likely N-dealkylation sites (tertiary alicyclic amines) is 1. The van der Waals surface area contributed by atoms with E-state index in [-0.39, 0.29) is 29.5 Å². The summed E-state index contributed by atoms with van der Waals surface area (Å²) < 4.78 is 27.9. The van der Waals surface area contributed by atoms with E-state index in [1.165, 1.54) is 18.3 Å². The van der Waals surface area contributed by atoms with Crippen molar-refractivity contribution in [3.05, 3.63) is 82.7 Å². The number of carbonyl (C=O) groups is 1. The van der Waals surface area contributed by atoms with Gasteiger partial charge in [-0.05, 0) is 38.8 Å². The Balaban J connectivity index is 1.45. The third-order valence-electron chi connectivity index (χ3n) is 6.09. The van der Waals surface area contributed by atoms with Crippen LogP contribution in [-0.4, -0.2) is 44.6 Å². The second-order valence-electron chi connectivity index (χ2n) is 8.50. The number of halogens is 2. The molecule has 8 nitrogen and oxygen atoms in total. The van der Waals surface area contributed by atoms with E-state index in [4.69, 9.17) is 10.1 Å². The second-order valence-corrected chi connectivity index (χ2v) is 8.50. The summed E-state index contributed by atoms with van der Waals surface area (Å²) in [4.78, 5) is 32.7. The van der Waals surface area contributed by atoms with Crippen LogP contribution < -0.4 is 4.84 Å². The molecule has 0 N–H and O–H groups in total. The molecule has 1 aliphatic heterocycles. The predicted octanol–water partition coefficient (Wildman–Crippen LogP) is 4.08. The Morgan fingerprint density at radius 2 is 1.94 bits per heavy atom. The molecule has 184 valence electrons. The van der Waals surface area contributed by atoms with E-state index in [0.717, 1.165) is 23.4 Å². The van der Waals surface area contributed by atoms with Gasteiger partial charge in [0.2, 0.25) is 5.91 Å². The van der Waals surface area contributed by atoms with Gasteiger partial charge in [0.25, 0.3) is 0 Å². The summed E-state index contributed by atoms with van der Waals surface area (Å²) in [7, 11) is 0. The van der Waals surface area contributed by atoms with Crippen LogP contribution in [0.1, 0.15) is 54.0 Å². The summed E-state index contributed by atoms with van der Waals surface area (Å²) in [5.74, 6) is -0.694. The Kier molecular flexibility index (Phi) is 7.59. The van der Waals surface area contributed by atoms with Gasteiger partial charge in [-0.15, -0.1) is 0 Å². The zero-order valence-electron chi connectivity index (χ0n) is 19.9. The third kappa shape index (κ3) is 5.68. The van der Waals surface area contributed by atoms with Crippen LogP contribution in [0, 0.1) is 29.9 Å². The Morgan fingerprint density at radius 1 is 1.22 bits per heavy atom. The molecule has 1 aromatic carbocycles. The number of carbonyl (C=O) groups excluding carboxylic acids is 1. The van der Waals surface area contributed by atoms with Crippen molar-refractivity contribution >= 4 is 11.6 Å². The van der Waals surface area contributed by atoms with Crippen LogP contribution >= 0.6 is 0 Å². The van der Waals surface area contributed by atoms with Crippen LogP contribution in [0.15, 0.2) is 47.9 Å². The molecule has 1 fully saturated rings. The number of aryl methyl sites for hydroxylation is 1. The van der Waals surface area contributed by atoms with Gasteiger partial charge in [-0.1, -0.05) is 11.2 Å². The number of amides is 1. The standard InChI is InChI=1S/C26H24F2N6O2/c1-16(33-36-20-6-9-30-19(12-20)14-29)22-15-31-17(2)32-26(22)18-7-10-34(11-8-18)25(35)13-21-23(27)4-3-5-24(21)28/h3-6,9,12,15,18H,7-8,10-11,13H2,1-2H3/b33-16+. The minimum atomic E-state index is -0.716. The lowest BCUT2D eigenvalue weighted by Crippen LogP contribution is -2.39. The summed E-state index contributed by atoms with van der Waals surface area (Å²) in [5.41, 5.74) is 2.12. The second kappa shape index (κ2) is 11.0. The highest BCUT2D eigenvalue weighted by atomic mass is 19.1. The van der Waals surface area contributed by atoms with Crippen LogP contribution in [0.4, 0.5) is 8.78 Å². The van der Waals surface area contributed by atoms with Gasteiger partial charge in [0.15, 0.2) is 5.75 Å². The van der Waals surface area contributed by atoms with Crippen molar-refractivity contribution in [3.63, 3.8) is 0 Å². The monoisotopic (exact) mass is 490 g/mol. The Bertz CT molecular complexity index is 1330. The van der Waals surface area contributed by atoms with Gasteiger partial charge in [-0.3, -0.25) is 4.79 Å². The fourth-order valence-corrected chi connectivity index (χ4v) is 4.14. The van der Waals surface area contributed by atoms with Crippen LogP contribution in [0.3, 0.4) is 0 Å². The molecule has 10 heteroatoms. The van der Waals surface area contributed by atoms with Gasteiger partial charge >= 0.3 is 0 Å². The number of nitrogens with zero attached hydrogens (tertiary/aromatic N) is 6. The molecule has 0 saturated carbocycles. The molecule has 3 aromatic rings. The molecule has 1 amide bonds. The Hall–Kier alpha value is -4.26. The molecule has 36 heavy (non-hydrogen) atoms. The van der Waals surface area contributed by atoms with Gasteiger partial charge in [0.05, 0.1) is 17.8 Å². The molecule has 2 aromatic heterocycles. The first-order valence-corrected chi connectivity index (χ1v) is 11.5. The summed E-state index contributed by atoms with van der Waals surface area (Å²) in [6.07, 6.45) is 4.13. The molecule has 0 bridgehead atoms. The first-order chi connectivity index (χ1) is 17.4. The topological polar surface area (TPSA) is 104 Å². The van der Waals surface area contributed by atoms with Crippen molar-refractivity contribution in [2.24, 2.45) is 5.16 Å². The molecule has 0 aliphatic carbocycles. The minimum Gasteiger partial charge on any atom is -0.357 e. The average Bonchev–Trinajstić information content (AvgIpc) is 2.89. The quantitative estimate of drug-likeness (QED) is 0.381. The number of pyridine rings is 1. The van der Waals surface area contributed by atoms with Crippen LogP contribution in [0.2, 0.25) is 0 Å². The number of hydrogen-bond donors (Lipinski definition) is 0. The van der Waals surface area contributed by atoms with Gasteiger partial charge in [0, 0.05) is 54.7 Å². The number of benzene rings is 1. The highest BCUT2D eigenvalue weighted by molar-refractivity contribution is 5.99. The first-order valence-electron chi connectivity index (χ1n) is 11.5. The van der Waals surface area contributed by atoms with Crippen LogP contribution in [-0.2, 0) is 11.2 Å². The summed E-state index contributed by atoms with van der Waals surface area (Å²) in [6, 6.07) is 8.63. The number of aromatic nitrogens is 3. The maximum Gasteiger partial charge on any atom is 0.227 e. The first kappa shape index (κ1) is 24.9. The van der Waals surface area contributed by atoms with E-state index in [9.17, 15) is 13.6 Å². The summed E-state index contributed by atoms with van der Waals surface area (Å²) in [5, 5.41) is 13.2. The molecule has 1 aliphatic rings. The largest absolute Gasteiger partial charge is 0.357 e. The van der Waals surface area contributed by atoms with E-state index in [1.54, 1.807) is 31.0 Å². The third-order valence-corrected chi connectivity index (χ3v) is 6.09. The zero-order valence-corrected chi connectivity index (χ0v) is 19.9. The van der Waals surface area contributed by atoms with Crippen molar-refractivity contribution in [3.8, 4) is 11.8 Å². The fourth-order valence-electron chi connectivity index (χ4n) is 4.14. The normalized spacial score (nSPS) is 14.4. The van der Waals surface area contributed by atoms with Crippen molar-refractivity contribution < 1.29 is 18.4 Å². The maximum atomic E-state index is 14.0. The Morgan fingerprint density at radius 3 is 2.64 bits per heavy atom. The zero-order chi connectivity index (χ0) is 25.7. The molecule has 0 radical (unpaired) electrons. The smallest absolute Gasteiger partial charge is 0.227 e. The predicted molar refractivity (Wildman–Crippen MR) is 127 cm³/mol. The lowest BCUT2D eigenvalue weighted by atomic mass is 9.89. The maximum absolute atomic E-state index is 14.0. The van der Waals surface area contributed by atoms with E-state index in [1.807, 2.05) is 6.07 Å². The highest BCUT2D eigenvalue weighted by Gasteiger charge is 2.28. The summed E-state index contributed by atoms with van der Waals surface area (Å²) in [6.45, 7) is 4.48. The van der Waals surface area contributed by atoms with Crippen molar-refractivity contribution in [1.82, 2.24) is 19.9 Å². The van der Waals surface area contributed by atoms with Gasteiger partial charge in [0.1, 0.15) is 29.2 Å². The highest BCUT2D eigenvalue weighted by Crippen LogP contribution is 2.30. The van der Waals surface area contributed by atoms with Crippen molar-refractivity contribution in [2.75, 3.05) is 13.1 Å². The van der Waals surface area contributed by atoms with E-state index in [0.29, 0.717) is 43.2 Å². The molecule has 1 saturated heterocycles. The van der Waals surface area contributed by atoms with Crippen molar-refractivity contribution in [1.29, 1.82) is 5.26 Å². The lowest BCUT2D eigenvalue weighted by molar-refractivity contribution is -0.131. The van der Waals surface area contributed by atoms with Gasteiger partial charge < -0.3 is 9.74 Å².